The van der Waals surface area contributed by atoms with E-state index in [9.17, 15) is 5.11 Å². The van der Waals surface area contributed by atoms with Crippen molar-refractivity contribution >= 4 is 0 Å². The van der Waals surface area contributed by atoms with Crippen LogP contribution in [0.15, 0.2) is 66.9 Å². The Morgan fingerprint density at radius 3 is 2.24 bits per heavy atom. The molecular weight excluding hydrogens is 262 g/mol. The highest BCUT2D eigenvalue weighted by atomic mass is 16.3. The van der Waals surface area contributed by atoms with E-state index in [-0.39, 0.29) is 5.92 Å². The summed E-state index contributed by atoms with van der Waals surface area (Å²) in [5.74, 6) is -0.0350. The van der Waals surface area contributed by atoms with Gasteiger partial charge < -0.3 is 5.11 Å². The van der Waals surface area contributed by atoms with Gasteiger partial charge in [0.1, 0.15) is 6.10 Å². The Morgan fingerprint density at radius 2 is 1.57 bits per heavy atom. The van der Waals surface area contributed by atoms with Crippen LogP contribution in [-0.4, -0.2) is 20.1 Å². The summed E-state index contributed by atoms with van der Waals surface area (Å²) >= 11 is 0. The molecule has 4 nitrogen and oxygen atoms in total. The first-order chi connectivity index (χ1) is 10.3. The van der Waals surface area contributed by atoms with Gasteiger partial charge in [0.15, 0.2) is 0 Å². The quantitative estimate of drug-likeness (QED) is 0.798. The van der Waals surface area contributed by atoms with Gasteiger partial charge in [0.2, 0.25) is 0 Å². The van der Waals surface area contributed by atoms with Gasteiger partial charge in [0.25, 0.3) is 0 Å². The highest BCUT2D eigenvalue weighted by Gasteiger charge is 2.22. The van der Waals surface area contributed by atoms with E-state index in [1.54, 1.807) is 10.9 Å². The molecule has 2 unspecified atom stereocenters. The monoisotopic (exact) mass is 279 g/mol. The Bertz CT molecular complexity index is 694. The van der Waals surface area contributed by atoms with Crippen molar-refractivity contribution in [3.8, 4) is 5.69 Å². The molecule has 106 valence electrons. The first kappa shape index (κ1) is 13.5. The molecule has 3 rings (SSSR count). The molecule has 0 fully saturated rings. The lowest BCUT2D eigenvalue weighted by Gasteiger charge is -2.19. The number of benzene rings is 2. The fraction of sp³-hybridized carbons (Fsp3) is 0.176. The molecule has 4 heteroatoms. The average molecular weight is 279 g/mol. The molecule has 3 aromatic rings. The molecule has 1 aromatic heterocycles. The molecule has 0 aliphatic heterocycles. The average Bonchev–Trinajstić information content (AvgIpc) is 3.04. The van der Waals surface area contributed by atoms with Crippen molar-refractivity contribution < 1.29 is 5.11 Å². The molecule has 2 atom stereocenters. The molecule has 0 amide bonds. The van der Waals surface area contributed by atoms with Gasteiger partial charge in [0, 0.05) is 5.92 Å². The molecule has 1 N–H and O–H groups in total. The zero-order valence-corrected chi connectivity index (χ0v) is 11.8. The predicted molar refractivity (Wildman–Crippen MR) is 81.2 cm³/mol. The van der Waals surface area contributed by atoms with Crippen molar-refractivity contribution in [1.29, 1.82) is 0 Å². The third-order valence-corrected chi connectivity index (χ3v) is 3.68. The molecule has 21 heavy (non-hydrogen) atoms. The van der Waals surface area contributed by atoms with Crippen molar-refractivity contribution in [3.05, 3.63) is 78.1 Å². The molecule has 0 radical (unpaired) electrons. The Labute approximate surface area is 123 Å². The zero-order chi connectivity index (χ0) is 14.7. The maximum atomic E-state index is 10.7. The number of para-hydroxylation sites is 1. The van der Waals surface area contributed by atoms with E-state index < -0.39 is 6.10 Å². The van der Waals surface area contributed by atoms with Crippen LogP contribution in [-0.2, 0) is 0 Å². The number of hydrogen-bond donors (Lipinski definition) is 1. The minimum Gasteiger partial charge on any atom is -0.386 e. The maximum absolute atomic E-state index is 10.7. The first-order valence-electron chi connectivity index (χ1n) is 6.96. The maximum Gasteiger partial charge on any atom is 0.104 e. The lowest BCUT2D eigenvalue weighted by atomic mass is 9.93. The van der Waals surface area contributed by atoms with Crippen LogP contribution in [0.5, 0.6) is 0 Å². The SMILES string of the molecule is CC(c1ccccc1)C(O)c1cnnn1-c1ccccc1. The van der Waals surface area contributed by atoms with Crippen LogP contribution in [0.4, 0.5) is 0 Å². The van der Waals surface area contributed by atoms with E-state index in [0.29, 0.717) is 5.69 Å². The summed E-state index contributed by atoms with van der Waals surface area (Å²) in [6, 6.07) is 19.7. The number of aromatic nitrogens is 3. The van der Waals surface area contributed by atoms with E-state index in [4.69, 9.17) is 0 Å². The van der Waals surface area contributed by atoms with Crippen LogP contribution in [0, 0.1) is 0 Å². The van der Waals surface area contributed by atoms with Crippen molar-refractivity contribution in [3.63, 3.8) is 0 Å². The van der Waals surface area contributed by atoms with Crippen LogP contribution in [0.3, 0.4) is 0 Å². The van der Waals surface area contributed by atoms with Gasteiger partial charge in [-0.1, -0.05) is 60.7 Å². The molecule has 0 spiro atoms. The van der Waals surface area contributed by atoms with Gasteiger partial charge in [0.05, 0.1) is 17.6 Å². The van der Waals surface area contributed by atoms with Crippen molar-refractivity contribution in [2.45, 2.75) is 18.9 Å². The number of nitrogens with zero attached hydrogens (tertiary/aromatic N) is 3. The van der Waals surface area contributed by atoms with E-state index >= 15 is 0 Å². The Balaban J connectivity index is 1.93. The molecule has 0 saturated carbocycles. The summed E-state index contributed by atoms with van der Waals surface area (Å²) in [5.41, 5.74) is 2.67. The van der Waals surface area contributed by atoms with Gasteiger partial charge >= 0.3 is 0 Å². The summed E-state index contributed by atoms with van der Waals surface area (Å²) in [6.07, 6.45) is 0.958. The van der Waals surface area contributed by atoms with Crippen molar-refractivity contribution in [1.82, 2.24) is 15.0 Å². The van der Waals surface area contributed by atoms with Crippen molar-refractivity contribution in [2.75, 3.05) is 0 Å². The van der Waals surface area contributed by atoms with Crippen LogP contribution in [0.25, 0.3) is 5.69 Å². The molecule has 0 bridgehead atoms. The molecule has 0 saturated heterocycles. The first-order valence-corrected chi connectivity index (χ1v) is 6.96. The lowest BCUT2D eigenvalue weighted by Crippen LogP contribution is -2.13. The number of rotatable bonds is 4. The van der Waals surface area contributed by atoms with Gasteiger partial charge in [-0.25, -0.2) is 4.68 Å². The topological polar surface area (TPSA) is 50.9 Å². The van der Waals surface area contributed by atoms with Gasteiger partial charge in [-0.15, -0.1) is 5.10 Å². The fourth-order valence-electron chi connectivity index (χ4n) is 2.41. The Morgan fingerprint density at radius 1 is 0.952 bits per heavy atom. The van der Waals surface area contributed by atoms with E-state index in [1.807, 2.05) is 67.6 Å². The second-order valence-electron chi connectivity index (χ2n) is 5.05. The van der Waals surface area contributed by atoms with Gasteiger partial charge in [-0.2, -0.15) is 0 Å². The van der Waals surface area contributed by atoms with Gasteiger partial charge in [-0.3, -0.25) is 0 Å². The summed E-state index contributed by atoms with van der Waals surface area (Å²) in [6.45, 7) is 2.00. The summed E-state index contributed by atoms with van der Waals surface area (Å²) in [7, 11) is 0. The normalized spacial score (nSPS) is 13.8. The number of aliphatic hydroxyl groups is 1. The smallest absolute Gasteiger partial charge is 0.104 e. The fourth-order valence-corrected chi connectivity index (χ4v) is 2.41. The zero-order valence-electron chi connectivity index (χ0n) is 11.8. The largest absolute Gasteiger partial charge is 0.386 e. The van der Waals surface area contributed by atoms with E-state index in [1.165, 1.54) is 0 Å². The minimum absolute atomic E-state index is 0.0350. The lowest BCUT2D eigenvalue weighted by molar-refractivity contribution is 0.144. The van der Waals surface area contributed by atoms with Gasteiger partial charge in [-0.05, 0) is 17.7 Å². The van der Waals surface area contributed by atoms with Crippen molar-refractivity contribution in [2.24, 2.45) is 0 Å². The molecule has 0 aliphatic carbocycles. The van der Waals surface area contributed by atoms with E-state index in [2.05, 4.69) is 10.3 Å². The van der Waals surface area contributed by atoms with E-state index in [0.717, 1.165) is 11.3 Å². The highest BCUT2D eigenvalue weighted by Crippen LogP contribution is 2.30. The molecule has 0 aliphatic rings. The molecule has 2 aromatic carbocycles. The highest BCUT2D eigenvalue weighted by molar-refractivity contribution is 5.33. The Hall–Kier alpha value is -2.46. The van der Waals surface area contributed by atoms with Crippen LogP contribution in [0.1, 0.15) is 30.2 Å². The predicted octanol–water partition coefficient (Wildman–Crippen LogP) is 3.10. The second-order valence-corrected chi connectivity index (χ2v) is 5.05. The summed E-state index contributed by atoms with van der Waals surface area (Å²) < 4.78 is 1.68. The third-order valence-electron chi connectivity index (χ3n) is 3.68. The van der Waals surface area contributed by atoms with Crippen LogP contribution in [0.2, 0.25) is 0 Å². The standard InChI is InChI=1S/C17H17N3O/c1-13(14-8-4-2-5-9-14)17(21)16-12-18-19-20(16)15-10-6-3-7-11-15/h2-13,17,21H,1H3. The van der Waals surface area contributed by atoms with Crippen LogP contribution < -0.4 is 0 Å². The summed E-state index contributed by atoms with van der Waals surface area (Å²) in [5, 5.41) is 18.7. The molecule has 1 heterocycles. The minimum atomic E-state index is -0.664. The second kappa shape index (κ2) is 5.89. The Kier molecular flexibility index (Phi) is 3.79. The summed E-state index contributed by atoms with van der Waals surface area (Å²) in [4.78, 5) is 0. The van der Waals surface area contributed by atoms with Crippen LogP contribution >= 0.6 is 0 Å². The number of hydrogen-bond acceptors (Lipinski definition) is 3. The molecular formula is C17H17N3O. The number of aliphatic hydroxyl groups excluding tert-OH is 1. The third kappa shape index (κ3) is 2.71.